The second-order valence-corrected chi connectivity index (χ2v) is 7.84. The lowest BCUT2D eigenvalue weighted by atomic mass is 9.93. The molecule has 5 rings (SSSR count). The Morgan fingerprint density at radius 3 is 2.87 bits per heavy atom. The fraction of sp³-hybridized carbons (Fsp3) is 0.455. The molecule has 0 radical (unpaired) electrons. The highest BCUT2D eigenvalue weighted by Crippen LogP contribution is 2.30. The van der Waals surface area contributed by atoms with E-state index in [-0.39, 0.29) is 0 Å². The number of aryl methyl sites for hydroxylation is 1. The fourth-order valence-corrected chi connectivity index (χ4v) is 4.37. The molecule has 1 fully saturated rings. The Bertz CT molecular complexity index is 1160. The van der Waals surface area contributed by atoms with E-state index in [2.05, 4.69) is 51.6 Å². The first-order chi connectivity index (χ1) is 14.7. The summed E-state index contributed by atoms with van der Waals surface area (Å²) in [4.78, 5) is 12.6. The summed E-state index contributed by atoms with van der Waals surface area (Å²) in [5.74, 6) is 0.680. The number of anilines is 1. The monoisotopic (exact) mass is 405 g/mol. The van der Waals surface area contributed by atoms with E-state index in [0.717, 1.165) is 72.0 Å². The van der Waals surface area contributed by atoms with Crippen molar-refractivity contribution in [3.05, 3.63) is 30.6 Å². The van der Waals surface area contributed by atoms with Gasteiger partial charge in [0.15, 0.2) is 0 Å². The number of aromatic nitrogens is 6. The zero-order valence-corrected chi connectivity index (χ0v) is 17.4. The van der Waals surface area contributed by atoms with E-state index in [9.17, 15) is 0 Å². The summed E-state index contributed by atoms with van der Waals surface area (Å²) >= 11 is 0. The molecular formula is C22H27N7O. The van der Waals surface area contributed by atoms with Crippen molar-refractivity contribution in [3.8, 4) is 11.1 Å². The van der Waals surface area contributed by atoms with Crippen LogP contribution in [0.15, 0.2) is 30.6 Å². The first-order valence-corrected chi connectivity index (χ1v) is 10.8. The molecule has 0 aliphatic heterocycles. The second-order valence-electron chi connectivity index (χ2n) is 7.84. The molecule has 0 amide bonds. The van der Waals surface area contributed by atoms with Crippen molar-refractivity contribution in [1.29, 1.82) is 0 Å². The minimum Gasteiger partial charge on any atom is -0.379 e. The molecule has 2 N–H and O–H groups in total. The molecule has 4 aromatic rings. The average Bonchev–Trinajstić information content (AvgIpc) is 3.38. The molecule has 3 heterocycles. The lowest BCUT2D eigenvalue weighted by Gasteiger charge is -2.28. The summed E-state index contributed by atoms with van der Waals surface area (Å²) < 4.78 is 7.66. The molecule has 0 atom stereocenters. The van der Waals surface area contributed by atoms with Gasteiger partial charge in [0.05, 0.1) is 11.6 Å². The number of rotatable bonds is 6. The summed E-state index contributed by atoms with van der Waals surface area (Å²) in [7, 11) is 0. The highest BCUT2D eigenvalue weighted by Gasteiger charge is 2.22. The van der Waals surface area contributed by atoms with E-state index in [1.807, 2.05) is 23.1 Å². The summed E-state index contributed by atoms with van der Waals surface area (Å²) in [6.07, 6.45) is 8.65. The molecule has 1 aromatic carbocycles. The van der Waals surface area contributed by atoms with E-state index >= 15 is 0 Å². The van der Waals surface area contributed by atoms with Crippen LogP contribution in [0.2, 0.25) is 0 Å². The third kappa shape index (κ3) is 3.52. The smallest absolute Gasteiger partial charge is 0.224 e. The van der Waals surface area contributed by atoms with Gasteiger partial charge in [0, 0.05) is 42.5 Å². The van der Waals surface area contributed by atoms with Gasteiger partial charge in [-0.2, -0.15) is 4.98 Å². The van der Waals surface area contributed by atoms with Crippen molar-refractivity contribution in [1.82, 2.24) is 29.9 Å². The van der Waals surface area contributed by atoms with Gasteiger partial charge in [-0.1, -0.05) is 11.3 Å². The number of hydrogen-bond acceptors (Lipinski definition) is 6. The van der Waals surface area contributed by atoms with Gasteiger partial charge in [-0.15, -0.1) is 5.10 Å². The van der Waals surface area contributed by atoms with Crippen molar-refractivity contribution in [2.24, 2.45) is 0 Å². The Labute approximate surface area is 175 Å². The van der Waals surface area contributed by atoms with Gasteiger partial charge in [0.2, 0.25) is 5.95 Å². The van der Waals surface area contributed by atoms with Crippen molar-refractivity contribution in [3.63, 3.8) is 0 Å². The topological polar surface area (TPSA) is 93.5 Å². The van der Waals surface area contributed by atoms with Crippen LogP contribution < -0.4 is 5.32 Å². The minimum atomic E-state index is 0.401. The molecule has 8 heteroatoms. The highest BCUT2D eigenvalue weighted by atomic mass is 16.5. The maximum atomic E-state index is 5.75. The highest BCUT2D eigenvalue weighted by molar-refractivity contribution is 5.95. The summed E-state index contributed by atoms with van der Waals surface area (Å²) in [6, 6.07) is 6.61. The Morgan fingerprint density at radius 2 is 2.07 bits per heavy atom. The van der Waals surface area contributed by atoms with Gasteiger partial charge in [-0.25, -0.2) is 9.67 Å². The molecule has 1 aliphatic carbocycles. The number of nitrogens with one attached hydrogen (secondary N) is 2. The van der Waals surface area contributed by atoms with Crippen LogP contribution in [0.4, 0.5) is 5.95 Å². The van der Waals surface area contributed by atoms with E-state index in [1.165, 1.54) is 0 Å². The van der Waals surface area contributed by atoms with Crippen LogP contribution in [0.3, 0.4) is 0 Å². The third-order valence-electron chi connectivity index (χ3n) is 5.97. The Balaban J connectivity index is 1.37. The van der Waals surface area contributed by atoms with Crippen LogP contribution in [-0.2, 0) is 11.3 Å². The molecule has 156 valence electrons. The normalized spacial score (nSPS) is 19.5. The van der Waals surface area contributed by atoms with E-state index in [4.69, 9.17) is 9.72 Å². The van der Waals surface area contributed by atoms with Gasteiger partial charge in [-0.3, -0.25) is 0 Å². The van der Waals surface area contributed by atoms with Crippen LogP contribution in [0.25, 0.3) is 33.2 Å². The zero-order chi connectivity index (χ0) is 20.5. The molecular weight excluding hydrogens is 378 g/mol. The Kier molecular flexibility index (Phi) is 5.08. The molecule has 30 heavy (non-hydrogen) atoms. The van der Waals surface area contributed by atoms with Crippen LogP contribution in [0.1, 0.15) is 39.5 Å². The quantitative estimate of drug-likeness (QED) is 0.501. The standard InChI is InChI=1S/C22H27N7O/c1-3-29-20-11-14(5-10-19(20)27-28-29)17-12-23-21-18(17)13-24-22(26-21)25-15-6-8-16(9-7-15)30-4-2/h5,10-13,15-16H,3-4,6-9H2,1-2H3,(H2,23,24,25,26). The Hall–Kier alpha value is -3.00. The first kappa shape index (κ1) is 19.0. The molecule has 0 saturated heterocycles. The fourth-order valence-electron chi connectivity index (χ4n) is 4.37. The summed E-state index contributed by atoms with van der Waals surface area (Å²) in [5.41, 5.74) is 4.96. The lowest BCUT2D eigenvalue weighted by Crippen LogP contribution is -2.30. The number of nitrogens with zero attached hydrogens (tertiary/aromatic N) is 5. The van der Waals surface area contributed by atoms with Crippen LogP contribution >= 0.6 is 0 Å². The van der Waals surface area contributed by atoms with Gasteiger partial charge < -0.3 is 15.0 Å². The molecule has 3 aromatic heterocycles. The van der Waals surface area contributed by atoms with Crippen molar-refractivity contribution >= 4 is 28.0 Å². The molecule has 8 nitrogen and oxygen atoms in total. The van der Waals surface area contributed by atoms with Gasteiger partial charge in [-0.05, 0) is 57.2 Å². The number of aromatic amines is 1. The first-order valence-electron chi connectivity index (χ1n) is 10.8. The number of H-pyrrole nitrogens is 1. The van der Waals surface area contributed by atoms with Crippen molar-refractivity contribution in [2.75, 3.05) is 11.9 Å². The maximum Gasteiger partial charge on any atom is 0.224 e. The van der Waals surface area contributed by atoms with Gasteiger partial charge in [0.25, 0.3) is 0 Å². The molecule has 0 unspecified atom stereocenters. The predicted molar refractivity (Wildman–Crippen MR) is 117 cm³/mol. The maximum absolute atomic E-state index is 5.75. The van der Waals surface area contributed by atoms with Crippen LogP contribution in [0.5, 0.6) is 0 Å². The molecule has 1 aliphatic rings. The molecule has 0 bridgehead atoms. The number of hydrogen-bond donors (Lipinski definition) is 2. The van der Waals surface area contributed by atoms with E-state index < -0.39 is 0 Å². The lowest BCUT2D eigenvalue weighted by molar-refractivity contribution is 0.0346. The molecule has 0 spiro atoms. The van der Waals surface area contributed by atoms with Crippen molar-refractivity contribution < 1.29 is 4.74 Å². The van der Waals surface area contributed by atoms with Crippen LogP contribution in [-0.4, -0.2) is 48.7 Å². The largest absolute Gasteiger partial charge is 0.379 e. The summed E-state index contributed by atoms with van der Waals surface area (Å²) in [6.45, 7) is 5.71. The second kappa shape index (κ2) is 8.02. The minimum absolute atomic E-state index is 0.401. The number of ether oxygens (including phenoxy) is 1. The predicted octanol–water partition coefficient (Wildman–Crippen LogP) is 4.15. The number of benzene rings is 1. The van der Waals surface area contributed by atoms with Gasteiger partial charge >= 0.3 is 0 Å². The SMILES string of the molecule is CCOC1CCC(Nc2ncc3c(-c4ccc5nnn(CC)c5c4)c[nH]c3n2)CC1. The number of fused-ring (bicyclic) bond motifs is 2. The Morgan fingerprint density at radius 1 is 1.20 bits per heavy atom. The van der Waals surface area contributed by atoms with E-state index in [0.29, 0.717) is 18.1 Å². The zero-order valence-electron chi connectivity index (χ0n) is 17.4. The average molecular weight is 406 g/mol. The van der Waals surface area contributed by atoms with Crippen molar-refractivity contribution in [2.45, 2.75) is 58.2 Å². The van der Waals surface area contributed by atoms with Crippen LogP contribution in [0, 0.1) is 0 Å². The third-order valence-corrected chi connectivity index (χ3v) is 5.97. The van der Waals surface area contributed by atoms with E-state index in [1.54, 1.807) is 0 Å². The summed E-state index contributed by atoms with van der Waals surface area (Å²) in [5, 5.41) is 12.9. The van der Waals surface area contributed by atoms with Gasteiger partial charge in [0.1, 0.15) is 11.2 Å². The molecule has 1 saturated carbocycles.